The van der Waals surface area contributed by atoms with Crippen LogP contribution in [0.2, 0.25) is 5.02 Å². The SMILES string of the molecule is COC(=O)COc1cc(-c2ccc(OC)cc2)nc2ccc(NC(=O)c3ccccc3Cl)cc12. The number of methoxy groups -OCH3 is 2. The van der Waals surface area contributed by atoms with Crippen molar-refractivity contribution in [1.82, 2.24) is 4.98 Å². The van der Waals surface area contributed by atoms with Crippen molar-refractivity contribution < 1.29 is 23.8 Å². The predicted molar refractivity (Wildman–Crippen MR) is 131 cm³/mol. The highest BCUT2D eigenvalue weighted by molar-refractivity contribution is 6.34. The number of nitrogens with zero attached hydrogens (tertiary/aromatic N) is 1. The van der Waals surface area contributed by atoms with Gasteiger partial charge in [-0.15, -0.1) is 0 Å². The fraction of sp³-hybridized carbons (Fsp3) is 0.115. The summed E-state index contributed by atoms with van der Waals surface area (Å²) in [6, 6.07) is 21.2. The second-order valence-electron chi connectivity index (χ2n) is 7.26. The van der Waals surface area contributed by atoms with Gasteiger partial charge in [-0.2, -0.15) is 0 Å². The highest BCUT2D eigenvalue weighted by atomic mass is 35.5. The van der Waals surface area contributed by atoms with E-state index in [9.17, 15) is 9.59 Å². The van der Waals surface area contributed by atoms with Crippen molar-refractivity contribution in [3.63, 3.8) is 0 Å². The standard InChI is InChI=1S/C26H21ClN2O5/c1-32-18-10-7-16(8-11-18)23-14-24(34-15-25(30)33-2)20-13-17(9-12-22(20)29-23)28-26(31)19-5-3-4-6-21(19)27/h3-14H,15H2,1-2H3,(H,28,31). The molecule has 0 radical (unpaired) electrons. The highest BCUT2D eigenvalue weighted by Crippen LogP contribution is 2.33. The van der Waals surface area contributed by atoms with E-state index in [0.29, 0.717) is 38.6 Å². The Balaban J connectivity index is 1.72. The largest absolute Gasteiger partial charge is 0.497 e. The lowest BCUT2D eigenvalue weighted by atomic mass is 10.1. The van der Waals surface area contributed by atoms with Crippen LogP contribution < -0.4 is 14.8 Å². The Bertz CT molecular complexity index is 1360. The molecule has 8 heteroatoms. The minimum absolute atomic E-state index is 0.270. The lowest BCUT2D eigenvalue weighted by molar-refractivity contribution is -0.142. The Morgan fingerprint density at radius 3 is 2.44 bits per heavy atom. The van der Waals surface area contributed by atoms with Gasteiger partial charge >= 0.3 is 5.97 Å². The first-order chi connectivity index (χ1) is 16.5. The number of rotatable bonds is 7. The van der Waals surface area contributed by atoms with E-state index in [0.717, 1.165) is 11.3 Å². The molecule has 0 bridgehead atoms. The van der Waals surface area contributed by atoms with Gasteiger partial charge in [-0.25, -0.2) is 9.78 Å². The third kappa shape index (κ3) is 5.10. The average Bonchev–Trinajstić information content (AvgIpc) is 2.87. The average molecular weight is 477 g/mol. The lowest BCUT2D eigenvalue weighted by Gasteiger charge is -2.13. The lowest BCUT2D eigenvalue weighted by Crippen LogP contribution is -2.13. The number of carbonyl (C=O) groups excluding carboxylic acids is 2. The van der Waals surface area contributed by atoms with Gasteiger partial charge in [0.05, 0.1) is 36.0 Å². The van der Waals surface area contributed by atoms with E-state index in [2.05, 4.69) is 5.32 Å². The number of hydrogen-bond donors (Lipinski definition) is 1. The number of esters is 1. The van der Waals surface area contributed by atoms with E-state index in [1.165, 1.54) is 7.11 Å². The van der Waals surface area contributed by atoms with Crippen LogP contribution in [0.5, 0.6) is 11.5 Å². The Morgan fingerprint density at radius 1 is 0.971 bits per heavy atom. The summed E-state index contributed by atoms with van der Waals surface area (Å²) in [7, 11) is 2.89. The summed E-state index contributed by atoms with van der Waals surface area (Å²) < 4.78 is 15.7. The van der Waals surface area contributed by atoms with E-state index in [1.54, 1.807) is 55.6 Å². The molecule has 1 N–H and O–H groups in total. The van der Waals surface area contributed by atoms with Crippen LogP contribution >= 0.6 is 11.6 Å². The van der Waals surface area contributed by atoms with Crippen molar-refractivity contribution in [1.29, 1.82) is 0 Å². The van der Waals surface area contributed by atoms with Gasteiger partial charge in [-0.3, -0.25) is 4.79 Å². The third-order valence-electron chi connectivity index (χ3n) is 5.11. The number of hydrogen-bond acceptors (Lipinski definition) is 6. The van der Waals surface area contributed by atoms with E-state index < -0.39 is 5.97 Å². The minimum atomic E-state index is -0.515. The Hall–Kier alpha value is -4.10. The number of nitrogens with one attached hydrogen (secondary N) is 1. The Labute approximate surface area is 201 Å². The molecule has 4 aromatic rings. The summed E-state index contributed by atoms with van der Waals surface area (Å²) in [6.07, 6.45) is 0. The van der Waals surface area contributed by atoms with E-state index in [4.69, 9.17) is 30.8 Å². The van der Waals surface area contributed by atoms with Gasteiger partial charge in [0.1, 0.15) is 11.5 Å². The first-order valence-electron chi connectivity index (χ1n) is 10.3. The number of ether oxygens (including phenoxy) is 3. The minimum Gasteiger partial charge on any atom is -0.497 e. The van der Waals surface area contributed by atoms with Crippen LogP contribution in [0.15, 0.2) is 72.8 Å². The topological polar surface area (TPSA) is 86.8 Å². The fourth-order valence-corrected chi connectivity index (χ4v) is 3.56. The zero-order valence-corrected chi connectivity index (χ0v) is 19.3. The van der Waals surface area contributed by atoms with Crippen LogP contribution in [-0.2, 0) is 9.53 Å². The summed E-state index contributed by atoms with van der Waals surface area (Å²) in [4.78, 5) is 29.1. The molecule has 1 aromatic heterocycles. The smallest absolute Gasteiger partial charge is 0.343 e. The number of benzene rings is 3. The van der Waals surface area contributed by atoms with Crippen molar-refractivity contribution in [2.75, 3.05) is 26.1 Å². The number of amides is 1. The van der Waals surface area contributed by atoms with Crippen molar-refractivity contribution >= 4 is 40.1 Å². The van der Waals surface area contributed by atoms with Crippen LogP contribution in [0.25, 0.3) is 22.2 Å². The molecule has 1 heterocycles. The predicted octanol–water partition coefficient (Wildman–Crippen LogP) is 5.37. The first kappa shape index (κ1) is 23.1. The van der Waals surface area contributed by atoms with Crippen LogP contribution in [0.4, 0.5) is 5.69 Å². The van der Waals surface area contributed by atoms with Gasteiger partial charge in [-0.1, -0.05) is 23.7 Å². The molecular formula is C26H21ClN2O5. The van der Waals surface area contributed by atoms with Crippen molar-refractivity contribution in [3.8, 4) is 22.8 Å². The molecular weight excluding hydrogens is 456 g/mol. The summed E-state index contributed by atoms with van der Waals surface area (Å²) in [6.45, 7) is -0.270. The highest BCUT2D eigenvalue weighted by Gasteiger charge is 2.14. The first-order valence-corrected chi connectivity index (χ1v) is 10.7. The second-order valence-corrected chi connectivity index (χ2v) is 7.67. The molecule has 0 atom stereocenters. The number of anilines is 1. The van der Waals surface area contributed by atoms with E-state index in [-0.39, 0.29) is 12.5 Å². The molecule has 0 fully saturated rings. The molecule has 0 aliphatic heterocycles. The molecule has 0 saturated carbocycles. The van der Waals surface area contributed by atoms with Crippen LogP contribution in [0, 0.1) is 0 Å². The molecule has 0 aliphatic rings. The summed E-state index contributed by atoms with van der Waals surface area (Å²) in [5.74, 6) is 0.296. The van der Waals surface area contributed by atoms with Crippen LogP contribution in [0.3, 0.4) is 0 Å². The molecule has 34 heavy (non-hydrogen) atoms. The molecule has 3 aromatic carbocycles. The van der Waals surface area contributed by atoms with Crippen molar-refractivity contribution in [3.05, 3.63) is 83.4 Å². The van der Waals surface area contributed by atoms with Gasteiger partial charge in [0.25, 0.3) is 5.91 Å². The number of carbonyl (C=O) groups is 2. The van der Waals surface area contributed by atoms with Crippen molar-refractivity contribution in [2.24, 2.45) is 0 Å². The summed E-state index contributed by atoms with van der Waals surface area (Å²) >= 11 is 6.14. The molecule has 0 saturated heterocycles. The van der Waals surface area contributed by atoms with Crippen molar-refractivity contribution in [2.45, 2.75) is 0 Å². The monoisotopic (exact) mass is 476 g/mol. The number of pyridine rings is 1. The summed E-state index contributed by atoms with van der Waals surface area (Å²) in [5, 5.41) is 3.82. The molecule has 4 rings (SSSR count). The van der Waals surface area contributed by atoms with E-state index in [1.807, 2.05) is 24.3 Å². The maximum Gasteiger partial charge on any atom is 0.343 e. The van der Waals surface area contributed by atoms with Crippen LogP contribution in [0.1, 0.15) is 10.4 Å². The maximum absolute atomic E-state index is 12.7. The van der Waals surface area contributed by atoms with Gasteiger partial charge in [0.15, 0.2) is 6.61 Å². The fourth-order valence-electron chi connectivity index (χ4n) is 3.34. The quantitative estimate of drug-likeness (QED) is 0.361. The molecule has 172 valence electrons. The Kier molecular flexibility index (Phi) is 6.94. The molecule has 1 amide bonds. The number of halogens is 1. The molecule has 7 nitrogen and oxygen atoms in total. The molecule has 0 unspecified atom stereocenters. The van der Waals surface area contributed by atoms with Gasteiger partial charge in [0.2, 0.25) is 0 Å². The van der Waals surface area contributed by atoms with Gasteiger partial charge in [-0.05, 0) is 54.6 Å². The van der Waals surface area contributed by atoms with E-state index >= 15 is 0 Å². The maximum atomic E-state index is 12.7. The number of aromatic nitrogens is 1. The van der Waals surface area contributed by atoms with Crippen LogP contribution in [-0.4, -0.2) is 37.7 Å². The summed E-state index contributed by atoms with van der Waals surface area (Å²) in [5.41, 5.74) is 3.02. The molecule has 0 spiro atoms. The third-order valence-corrected chi connectivity index (χ3v) is 5.44. The van der Waals surface area contributed by atoms with Gasteiger partial charge < -0.3 is 19.5 Å². The second kappa shape index (κ2) is 10.2. The zero-order chi connectivity index (χ0) is 24.1. The zero-order valence-electron chi connectivity index (χ0n) is 18.5. The molecule has 0 aliphatic carbocycles. The normalized spacial score (nSPS) is 10.6. The van der Waals surface area contributed by atoms with Gasteiger partial charge in [0, 0.05) is 22.7 Å². The number of fused-ring (bicyclic) bond motifs is 1. The Morgan fingerprint density at radius 2 is 1.74 bits per heavy atom.